The van der Waals surface area contributed by atoms with Gasteiger partial charge < -0.3 is 10.2 Å². The minimum Gasteiger partial charge on any atom is -0.355 e. The van der Waals surface area contributed by atoms with Gasteiger partial charge in [0.25, 0.3) is 0 Å². The Balaban J connectivity index is 1.37. The summed E-state index contributed by atoms with van der Waals surface area (Å²) in [4.78, 5) is 19.3. The molecule has 0 aromatic carbocycles. The number of pyridine rings is 1. The highest BCUT2D eigenvalue weighted by molar-refractivity contribution is 5.83. The van der Waals surface area contributed by atoms with Crippen molar-refractivity contribution in [3.05, 3.63) is 29.7 Å². The first-order chi connectivity index (χ1) is 13.3. The number of hydrogen-bond donors (Lipinski definition) is 1. The predicted octanol–water partition coefficient (Wildman–Crippen LogP) is 0.992. The first-order valence-electron chi connectivity index (χ1n) is 9.43. The van der Waals surface area contributed by atoms with E-state index < -0.39 is 0 Å². The number of amides is 1. The number of rotatable bonds is 3. The van der Waals surface area contributed by atoms with Crippen molar-refractivity contribution in [3.8, 4) is 6.07 Å². The molecule has 1 fully saturated rings. The van der Waals surface area contributed by atoms with Gasteiger partial charge >= 0.3 is 0 Å². The van der Waals surface area contributed by atoms with Crippen LogP contribution in [0, 0.1) is 11.3 Å². The first-order valence-corrected chi connectivity index (χ1v) is 9.43. The third-order valence-corrected chi connectivity index (χ3v) is 5.35. The molecule has 1 atom stereocenters. The molecule has 0 unspecified atom stereocenters. The maximum atomic E-state index is 12.8. The molecule has 0 spiro atoms. The lowest BCUT2D eigenvalue weighted by atomic mass is 9.99. The quantitative estimate of drug-likeness (QED) is 0.862. The molecule has 0 radical (unpaired) electrons. The van der Waals surface area contributed by atoms with E-state index in [0.29, 0.717) is 11.4 Å². The Morgan fingerprint density at radius 3 is 2.89 bits per heavy atom. The van der Waals surface area contributed by atoms with Crippen molar-refractivity contribution in [2.24, 2.45) is 0 Å². The van der Waals surface area contributed by atoms with E-state index in [1.807, 2.05) is 0 Å². The monoisotopic (exact) mass is 366 g/mol. The van der Waals surface area contributed by atoms with Crippen LogP contribution in [0.1, 0.15) is 49.4 Å². The van der Waals surface area contributed by atoms with Gasteiger partial charge in [-0.25, -0.2) is 9.67 Å². The Hall–Kier alpha value is -3.02. The van der Waals surface area contributed by atoms with Gasteiger partial charge in [-0.05, 0) is 48.2 Å². The molecule has 4 rings (SSSR count). The number of aromatic nitrogens is 5. The zero-order valence-electron chi connectivity index (χ0n) is 15.1. The molecule has 27 heavy (non-hydrogen) atoms. The van der Waals surface area contributed by atoms with Gasteiger partial charge in [-0.1, -0.05) is 6.42 Å². The summed E-state index contributed by atoms with van der Waals surface area (Å²) < 4.78 is 1.75. The molecule has 2 aliphatic heterocycles. The molecule has 9 nitrogen and oxygen atoms in total. The van der Waals surface area contributed by atoms with Gasteiger partial charge in [-0.2, -0.15) is 5.26 Å². The molecule has 140 valence electrons. The van der Waals surface area contributed by atoms with Crippen LogP contribution in [0.3, 0.4) is 0 Å². The van der Waals surface area contributed by atoms with Crippen LogP contribution < -0.4 is 10.2 Å². The molecule has 4 heterocycles. The van der Waals surface area contributed by atoms with E-state index in [1.165, 1.54) is 0 Å². The van der Waals surface area contributed by atoms with E-state index in [0.717, 1.165) is 57.6 Å². The Morgan fingerprint density at radius 2 is 2.07 bits per heavy atom. The normalized spacial score (nSPS) is 20.4. The average molecular weight is 366 g/mol. The number of nitrogens with zero attached hydrogens (tertiary/aromatic N) is 7. The van der Waals surface area contributed by atoms with Gasteiger partial charge in [0.2, 0.25) is 5.91 Å². The van der Waals surface area contributed by atoms with Crippen LogP contribution in [0.15, 0.2) is 18.3 Å². The Kier molecular flexibility index (Phi) is 4.96. The summed E-state index contributed by atoms with van der Waals surface area (Å²) >= 11 is 0. The van der Waals surface area contributed by atoms with E-state index in [4.69, 9.17) is 0 Å². The minimum absolute atomic E-state index is 0.0157. The van der Waals surface area contributed by atoms with Crippen molar-refractivity contribution in [2.45, 2.75) is 50.6 Å². The molecule has 0 aliphatic carbocycles. The highest BCUT2D eigenvalue weighted by atomic mass is 16.2. The maximum Gasteiger partial charge on any atom is 0.231 e. The van der Waals surface area contributed by atoms with Crippen molar-refractivity contribution in [1.82, 2.24) is 30.5 Å². The molecular weight excluding hydrogens is 344 g/mol. The number of anilines is 1. The van der Waals surface area contributed by atoms with Crippen molar-refractivity contribution in [3.63, 3.8) is 0 Å². The number of fused-ring (bicyclic) bond motifs is 1. The second kappa shape index (κ2) is 7.70. The number of hydrogen-bond acceptors (Lipinski definition) is 7. The van der Waals surface area contributed by atoms with Gasteiger partial charge in [0, 0.05) is 31.9 Å². The molecular formula is C18H22N8O. The summed E-state index contributed by atoms with van der Waals surface area (Å²) in [6, 6.07) is 5.88. The van der Waals surface area contributed by atoms with Crippen molar-refractivity contribution in [2.75, 3.05) is 18.0 Å². The largest absolute Gasteiger partial charge is 0.355 e. The fourth-order valence-corrected chi connectivity index (χ4v) is 3.88. The molecule has 1 amide bonds. The highest BCUT2D eigenvalue weighted by Gasteiger charge is 2.31. The van der Waals surface area contributed by atoms with Crippen LogP contribution in [0.25, 0.3) is 0 Å². The SMILES string of the molecule is N#Cc1cccnc1N1CCC(NC(=O)[C@H]2CCCCn3nnnc32)CC1. The molecule has 0 bridgehead atoms. The van der Waals surface area contributed by atoms with Crippen molar-refractivity contribution in [1.29, 1.82) is 5.26 Å². The van der Waals surface area contributed by atoms with E-state index >= 15 is 0 Å². The van der Waals surface area contributed by atoms with Crippen LogP contribution in [-0.4, -0.2) is 50.2 Å². The number of nitriles is 1. The summed E-state index contributed by atoms with van der Waals surface area (Å²) in [7, 11) is 0. The van der Waals surface area contributed by atoms with Crippen LogP contribution in [0.5, 0.6) is 0 Å². The Labute approximate surface area is 157 Å². The average Bonchev–Trinajstić information content (AvgIpc) is 3.07. The highest BCUT2D eigenvalue weighted by Crippen LogP contribution is 2.25. The molecule has 2 aliphatic rings. The van der Waals surface area contributed by atoms with Crippen LogP contribution in [0.4, 0.5) is 5.82 Å². The van der Waals surface area contributed by atoms with Gasteiger partial charge in [0.05, 0.1) is 11.5 Å². The van der Waals surface area contributed by atoms with E-state index in [2.05, 4.69) is 36.8 Å². The molecule has 2 aromatic heterocycles. The van der Waals surface area contributed by atoms with E-state index in [9.17, 15) is 10.1 Å². The zero-order chi connectivity index (χ0) is 18.6. The topological polar surface area (TPSA) is 113 Å². The Bertz CT molecular complexity index is 849. The number of nitrogens with one attached hydrogen (secondary N) is 1. The summed E-state index contributed by atoms with van der Waals surface area (Å²) in [6.45, 7) is 2.30. The van der Waals surface area contributed by atoms with E-state index in [1.54, 1.807) is 23.0 Å². The second-order valence-electron chi connectivity index (χ2n) is 7.06. The number of piperidine rings is 1. The third-order valence-electron chi connectivity index (χ3n) is 5.35. The molecule has 9 heteroatoms. The number of aryl methyl sites for hydroxylation is 1. The second-order valence-corrected chi connectivity index (χ2v) is 7.06. The van der Waals surface area contributed by atoms with Crippen LogP contribution in [0.2, 0.25) is 0 Å². The fraction of sp³-hybridized carbons (Fsp3) is 0.556. The molecule has 1 saturated heterocycles. The summed E-state index contributed by atoms with van der Waals surface area (Å²) in [5.74, 6) is 1.14. The summed E-state index contributed by atoms with van der Waals surface area (Å²) in [5, 5.41) is 24.2. The smallest absolute Gasteiger partial charge is 0.231 e. The number of carbonyl (C=O) groups excluding carboxylic acids is 1. The van der Waals surface area contributed by atoms with Gasteiger partial charge in [-0.3, -0.25) is 4.79 Å². The standard InChI is InChI=1S/C18H22N8O/c19-12-13-4-3-8-20-16(13)25-10-6-14(7-11-25)21-18(27)15-5-1-2-9-26-17(15)22-23-24-26/h3-4,8,14-15H,1-2,5-7,9-11H2,(H,21,27)/t15-/m0/s1. The third kappa shape index (κ3) is 3.60. The van der Waals surface area contributed by atoms with Crippen LogP contribution in [-0.2, 0) is 11.3 Å². The molecule has 2 aromatic rings. The van der Waals surface area contributed by atoms with E-state index in [-0.39, 0.29) is 17.9 Å². The summed E-state index contributed by atoms with van der Waals surface area (Å²) in [5.41, 5.74) is 0.588. The van der Waals surface area contributed by atoms with Gasteiger partial charge in [0.1, 0.15) is 11.9 Å². The molecule has 1 N–H and O–H groups in total. The Morgan fingerprint density at radius 1 is 1.22 bits per heavy atom. The predicted molar refractivity (Wildman–Crippen MR) is 96.7 cm³/mol. The lowest BCUT2D eigenvalue weighted by Gasteiger charge is -2.34. The minimum atomic E-state index is -0.276. The number of carbonyl (C=O) groups is 1. The summed E-state index contributed by atoms with van der Waals surface area (Å²) in [6.07, 6.45) is 6.12. The van der Waals surface area contributed by atoms with Crippen molar-refractivity contribution >= 4 is 11.7 Å². The molecule has 0 saturated carbocycles. The lowest BCUT2D eigenvalue weighted by molar-refractivity contribution is -0.123. The maximum absolute atomic E-state index is 12.8. The fourth-order valence-electron chi connectivity index (χ4n) is 3.88. The van der Waals surface area contributed by atoms with Crippen LogP contribution >= 0.6 is 0 Å². The zero-order valence-corrected chi connectivity index (χ0v) is 15.1. The number of tetrazole rings is 1. The van der Waals surface area contributed by atoms with Crippen molar-refractivity contribution < 1.29 is 4.79 Å². The first kappa shape index (κ1) is 17.4. The van der Waals surface area contributed by atoms with Gasteiger partial charge in [0.15, 0.2) is 5.82 Å². The van der Waals surface area contributed by atoms with Gasteiger partial charge in [-0.15, -0.1) is 5.10 Å². The lowest BCUT2D eigenvalue weighted by Crippen LogP contribution is -2.46.